The van der Waals surface area contributed by atoms with Gasteiger partial charge < -0.3 is 4.74 Å². The van der Waals surface area contributed by atoms with Crippen LogP contribution in [-0.4, -0.2) is 35.2 Å². The van der Waals surface area contributed by atoms with Gasteiger partial charge in [-0.15, -0.1) is 0 Å². The molecule has 0 aliphatic carbocycles. The first-order valence-corrected chi connectivity index (χ1v) is 7.91. The molecule has 0 N–H and O–H groups in total. The summed E-state index contributed by atoms with van der Waals surface area (Å²) in [5.41, 5.74) is 1.39. The minimum Gasteiger partial charge on any atom is -0.371 e. The molecule has 0 spiro atoms. The third kappa shape index (κ3) is 3.29. The summed E-state index contributed by atoms with van der Waals surface area (Å²) in [4.78, 5) is 6.63. The summed E-state index contributed by atoms with van der Waals surface area (Å²) in [6, 6.07) is 4.20. The molecule has 0 atom stereocenters. The maximum atomic E-state index is 6.41. The van der Waals surface area contributed by atoms with Crippen molar-refractivity contribution in [3.05, 3.63) is 30.1 Å². The standard InChI is InChI=1S/C18H30N2O/c1-16(2,3)18(17(4,5)6)14-20(11-12-21-18)13-15-7-9-19-10-8-15/h7-10H,11-14H2,1-6H3. The van der Waals surface area contributed by atoms with E-state index in [2.05, 4.69) is 63.6 Å². The topological polar surface area (TPSA) is 25.4 Å². The molecule has 1 saturated heterocycles. The van der Waals surface area contributed by atoms with Crippen LogP contribution in [0.4, 0.5) is 0 Å². The number of hydrogen-bond donors (Lipinski definition) is 0. The van der Waals surface area contributed by atoms with E-state index in [-0.39, 0.29) is 16.4 Å². The van der Waals surface area contributed by atoms with E-state index >= 15 is 0 Å². The number of aromatic nitrogens is 1. The van der Waals surface area contributed by atoms with Gasteiger partial charge in [0.05, 0.1) is 12.2 Å². The second-order valence-corrected chi connectivity index (χ2v) is 8.24. The third-order valence-corrected chi connectivity index (χ3v) is 4.78. The van der Waals surface area contributed by atoms with Gasteiger partial charge in [-0.25, -0.2) is 0 Å². The van der Waals surface area contributed by atoms with Crippen LogP contribution in [0.2, 0.25) is 0 Å². The first-order chi connectivity index (χ1) is 9.66. The molecule has 1 aromatic heterocycles. The Bertz CT molecular complexity index is 442. The van der Waals surface area contributed by atoms with Gasteiger partial charge in [0.25, 0.3) is 0 Å². The monoisotopic (exact) mass is 290 g/mol. The maximum Gasteiger partial charge on any atom is 0.0905 e. The SMILES string of the molecule is CC(C)(C)C1(C(C)(C)C)CN(Cc2ccncc2)CCO1. The van der Waals surface area contributed by atoms with Crippen LogP contribution in [0.1, 0.15) is 47.1 Å². The van der Waals surface area contributed by atoms with Crippen LogP contribution >= 0.6 is 0 Å². The van der Waals surface area contributed by atoms with Gasteiger partial charge in [0, 0.05) is 32.0 Å². The molecule has 0 saturated carbocycles. The minimum atomic E-state index is -0.134. The van der Waals surface area contributed by atoms with Gasteiger partial charge >= 0.3 is 0 Å². The zero-order chi connectivity index (χ0) is 15.7. The van der Waals surface area contributed by atoms with Gasteiger partial charge in [-0.3, -0.25) is 9.88 Å². The largest absolute Gasteiger partial charge is 0.371 e. The molecule has 3 nitrogen and oxygen atoms in total. The first kappa shape index (κ1) is 16.4. The highest BCUT2D eigenvalue weighted by Crippen LogP contribution is 2.48. The normalized spacial score (nSPS) is 20.5. The summed E-state index contributed by atoms with van der Waals surface area (Å²) in [7, 11) is 0. The van der Waals surface area contributed by atoms with Gasteiger partial charge in [-0.2, -0.15) is 0 Å². The Morgan fingerprint density at radius 2 is 1.67 bits per heavy atom. The van der Waals surface area contributed by atoms with Crippen LogP contribution in [0.15, 0.2) is 24.5 Å². The number of pyridine rings is 1. The van der Waals surface area contributed by atoms with Crippen molar-refractivity contribution in [3.8, 4) is 0 Å². The smallest absolute Gasteiger partial charge is 0.0905 e. The average molecular weight is 290 g/mol. The quantitative estimate of drug-likeness (QED) is 0.829. The second kappa shape index (κ2) is 5.69. The Kier molecular flexibility index (Phi) is 4.46. The highest BCUT2D eigenvalue weighted by Gasteiger charge is 2.53. The summed E-state index contributed by atoms with van der Waals surface area (Å²) in [5.74, 6) is 0. The Morgan fingerprint density at radius 1 is 1.10 bits per heavy atom. The first-order valence-electron chi connectivity index (χ1n) is 7.91. The van der Waals surface area contributed by atoms with E-state index in [9.17, 15) is 0 Å². The fourth-order valence-corrected chi connectivity index (χ4v) is 3.70. The van der Waals surface area contributed by atoms with Crippen molar-refractivity contribution in [1.29, 1.82) is 0 Å². The van der Waals surface area contributed by atoms with Crippen LogP contribution < -0.4 is 0 Å². The molecule has 0 radical (unpaired) electrons. The summed E-state index contributed by atoms with van der Waals surface area (Å²) < 4.78 is 6.41. The lowest BCUT2D eigenvalue weighted by atomic mass is 9.61. The number of nitrogens with zero attached hydrogens (tertiary/aromatic N) is 2. The zero-order valence-electron chi connectivity index (χ0n) is 14.4. The molecule has 2 heterocycles. The fraction of sp³-hybridized carbons (Fsp3) is 0.722. The average Bonchev–Trinajstić information content (AvgIpc) is 2.37. The third-order valence-electron chi connectivity index (χ3n) is 4.78. The minimum absolute atomic E-state index is 0.0994. The van der Waals surface area contributed by atoms with Crippen molar-refractivity contribution in [2.45, 2.75) is 53.7 Å². The van der Waals surface area contributed by atoms with Gasteiger partial charge in [-0.1, -0.05) is 41.5 Å². The van der Waals surface area contributed by atoms with Crippen LogP contribution in [-0.2, 0) is 11.3 Å². The van der Waals surface area contributed by atoms with E-state index in [0.717, 1.165) is 26.2 Å². The van der Waals surface area contributed by atoms with E-state index in [1.807, 2.05) is 12.4 Å². The van der Waals surface area contributed by atoms with Gasteiger partial charge in [0.2, 0.25) is 0 Å². The van der Waals surface area contributed by atoms with Gasteiger partial charge in [0.15, 0.2) is 0 Å². The lowest BCUT2D eigenvalue weighted by Crippen LogP contribution is -2.64. The lowest BCUT2D eigenvalue weighted by molar-refractivity contribution is -0.219. The number of morpholine rings is 1. The van der Waals surface area contributed by atoms with Crippen molar-refractivity contribution >= 4 is 0 Å². The zero-order valence-corrected chi connectivity index (χ0v) is 14.4. The van der Waals surface area contributed by atoms with E-state index in [4.69, 9.17) is 4.74 Å². The van der Waals surface area contributed by atoms with Crippen LogP contribution in [0.3, 0.4) is 0 Å². The molecular weight excluding hydrogens is 260 g/mol. The van der Waals surface area contributed by atoms with Crippen LogP contribution in [0, 0.1) is 10.8 Å². The van der Waals surface area contributed by atoms with E-state index in [1.165, 1.54) is 5.56 Å². The lowest BCUT2D eigenvalue weighted by Gasteiger charge is -2.57. The molecule has 3 heteroatoms. The Morgan fingerprint density at radius 3 is 2.19 bits per heavy atom. The molecule has 118 valence electrons. The summed E-state index contributed by atoms with van der Waals surface area (Å²) in [6.07, 6.45) is 3.74. The second-order valence-electron chi connectivity index (χ2n) is 8.24. The highest BCUT2D eigenvalue weighted by atomic mass is 16.5. The van der Waals surface area contributed by atoms with Crippen LogP contribution in [0.25, 0.3) is 0 Å². The Hall–Kier alpha value is -0.930. The molecule has 1 aromatic rings. The van der Waals surface area contributed by atoms with Crippen LogP contribution in [0.5, 0.6) is 0 Å². The maximum absolute atomic E-state index is 6.41. The summed E-state index contributed by atoms with van der Waals surface area (Å²) >= 11 is 0. The molecule has 0 aromatic carbocycles. The number of rotatable bonds is 2. The van der Waals surface area contributed by atoms with Crippen molar-refractivity contribution in [3.63, 3.8) is 0 Å². The molecule has 1 aliphatic rings. The molecule has 0 unspecified atom stereocenters. The van der Waals surface area contributed by atoms with Crippen molar-refractivity contribution in [1.82, 2.24) is 9.88 Å². The summed E-state index contributed by atoms with van der Waals surface area (Å²) in [6.45, 7) is 17.5. The molecule has 0 bridgehead atoms. The van der Waals surface area contributed by atoms with Gasteiger partial charge in [-0.05, 0) is 28.5 Å². The Labute approximate surface area is 129 Å². The predicted octanol–water partition coefficient (Wildman–Crippen LogP) is 3.74. The van der Waals surface area contributed by atoms with E-state index in [1.54, 1.807) is 0 Å². The number of ether oxygens (including phenoxy) is 1. The van der Waals surface area contributed by atoms with Crippen molar-refractivity contribution in [2.75, 3.05) is 19.7 Å². The molecule has 21 heavy (non-hydrogen) atoms. The predicted molar refractivity (Wildman–Crippen MR) is 87.1 cm³/mol. The van der Waals surface area contributed by atoms with E-state index < -0.39 is 0 Å². The van der Waals surface area contributed by atoms with Crippen molar-refractivity contribution in [2.24, 2.45) is 10.8 Å². The van der Waals surface area contributed by atoms with Crippen molar-refractivity contribution < 1.29 is 4.74 Å². The molecule has 0 amide bonds. The molecule has 2 rings (SSSR count). The van der Waals surface area contributed by atoms with Gasteiger partial charge in [0.1, 0.15) is 0 Å². The Balaban J connectivity index is 2.22. The molecular formula is C18H30N2O. The van der Waals surface area contributed by atoms with E-state index in [0.29, 0.717) is 0 Å². The molecule has 1 aliphatic heterocycles. The summed E-state index contributed by atoms with van der Waals surface area (Å²) in [5, 5.41) is 0. The highest BCUT2D eigenvalue weighted by molar-refractivity contribution is 5.11. The fourth-order valence-electron chi connectivity index (χ4n) is 3.70. The molecule has 1 fully saturated rings. The number of hydrogen-bond acceptors (Lipinski definition) is 3.